The van der Waals surface area contributed by atoms with Gasteiger partial charge < -0.3 is 25.6 Å². The van der Waals surface area contributed by atoms with Crippen molar-refractivity contribution in [3.8, 4) is 11.3 Å². The lowest BCUT2D eigenvalue weighted by molar-refractivity contribution is -0.118. The maximum atomic E-state index is 15.3. The van der Waals surface area contributed by atoms with E-state index in [0.717, 1.165) is 5.69 Å². The minimum absolute atomic E-state index is 0.0799. The van der Waals surface area contributed by atoms with Crippen molar-refractivity contribution in [2.45, 2.75) is 51.8 Å². The van der Waals surface area contributed by atoms with E-state index >= 15 is 4.39 Å². The fraction of sp³-hybridized carbons (Fsp3) is 0.333. The van der Waals surface area contributed by atoms with Crippen LogP contribution < -0.4 is 16.0 Å². The molecule has 1 amide bonds. The van der Waals surface area contributed by atoms with Crippen LogP contribution in [0, 0.1) is 5.82 Å². The average Bonchev–Trinajstić information content (AvgIpc) is 3.42. The van der Waals surface area contributed by atoms with Crippen molar-refractivity contribution < 1.29 is 14.3 Å². The number of halogens is 2. The number of anilines is 3. The summed E-state index contributed by atoms with van der Waals surface area (Å²) in [6, 6.07) is 9.84. The van der Waals surface area contributed by atoms with Gasteiger partial charge in [-0.25, -0.2) is 19.3 Å². The fourth-order valence-corrected chi connectivity index (χ4v) is 4.89. The predicted octanol–water partition coefficient (Wildman–Crippen LogP) is 4.90. The van der Waals surface area contributed by atoms with Gasteiger partial charge >= 0.3 is 0 Å². The van der Waals surface area contributed by atoms with Crippen LogP contribution in [0.15, 0.2) is 42.6 Å². The van der Waals surface area contributed by atoms with Gasteiger partial charge in [-0.2, -0.15) is 0 Å². The lowest BCUT2D eigenvalue weighted by Crippen LogP contribution is -2.33. The van der Waals surface area contributed by atoms with Crippen molar-refractivity contribution in [1.29, 1.82) is 0 Å². The molecule has 0 radical (unpaired) electrons. The van der Waals surface area contributed by atoms with Crippen LogP contribution in [-0.2, 0) is 10.4 Å². The molecule has 1 saturated heterocycles. The van der Waals surface area contributed by atoms with Gasteiger partial charge in [0.2, 0.25) is 11.9 Å². The third kappa shape index (κ3) is 4.70. The normalized spacial score (nSPS) is 16.2. The summed E-state index contributed by atoms with van der Waals surface area (Å²) in [4.78, 5) is 27.1. The molecule has 38 heavy (non-hydrogen) atoms. The molecule has 0 aliphatic carbocycles. The van der Waals surface area contributed by atoms with E-state index < -0.39 is 17.5 Å². The van der Waals surface area contributed by atoms with E-state index in [-0.39, 0.29) is 28.4 Å². The highest BCUT2D eigenvalue weighted by atomic mass is 35.5. The number of carbonyl (C=O) groups excluding carboxylic acids is 1. The Hall–Kier alpha value is -3.60. The molecule has 5 rings (SSSR count). The Morgan fingerprint density at radius 1 is 1.21 bits per heavy atom. The molecule has 1 aliphatic rings. The van der Waals surface area contributed by atoms with E-state index in [4.69, 9.17) is 17.3 Å². The lowest BCUT2D eigenvalue weighted by Gasteiger charge is -2.21. The summed E-state index contributed by atoms with van der Waals surface area (Å²) in [5.74, 6) is 0.00893. The second-order valence-corrected chi connectivity index (χ2v) is 10.6. The maximum Gasteiger partial charge on any atom is 0.243 e. The molecular weight excluding hydrogens is 509 g/mol. The average molecular weight is 538 g/mol. The third-order valence-electron chi connectivity index (χ3n) is 6.51. The second kappa shape index (κ2) is 9.61. The van der Waals surface area contributed by atoms with Crippen LogP contribution in [0.4, 0.5) is 21.7 Å². The van der Waals surface area contributed by atoms with Crippen molar-refractivity contribution >= 4 is 45.9 Å². The van der Waals surface area contributed by atoms with Gasteiger partial charge in [0.1, 0.15) is 16.9 Å². The van der Waals surface area contributed by atoms with Gasteiger partial charge in [-0.05, 0) is 70.5 Å². The number of benzene rings is 2. The molecule has 0 spiro atoms. The Morgan fingerprint density at radius 2 is 1.92 bits per heavy atom. The predicted molar refractivity (Wildman–Crippen MR) is 146 cm³/mol. The first-order valence-corrected chi connectivity index (χ1v) is 12.7. The number of nitrogens with one attached hydrogen (secondary N) is 1. The first-order valence-electron chi connectivity index (χ1n) is 12.4. The highest BCUT2D eigenvalue weighted by Gasteiger charge is 2.30. The maximum absolute atomic E-state index is 15.3. The van der Waals surface area contributed by atoms with Crippen LogP contribution in [0.25, 0.3) is 22.3 Å². The van der Waals surface area contributed by atoms with Gasteiger partial charge in [-0.3, -0.25) is 4.79 Å². The number of fused-ring (bicyclic) bond motifs is 1. The SMILES string of the molecule is CC(C)n1c(C(C)(C)O)nc2c(F)cc(-c3nc(Nc4ccc(N5CCC(N)C5=O)cc4)ncc3Cl)cc21. The van der Waals surface area contributed by atoms with Crippen LogP contribution in [-0.4, -0.2) is 43.1 Å². The van der Waals surface area contributed by atoms with Gasteiger partial charge in [0, 0.05) is 29.5 Å². The van der Waals surface area contributed by atoms with E-state index in [2.05, 4.69) is 20.3 Å². The summed E-state index contributed by atoms with van der Waals surface area (Å²) in [6.45, 7) is 7.72. The van der Waals surface area contributed by atoms with Gasteiger partial charge in [-0.1, -0.05) is 11.6 Å². The number of hydrogen-bond acceptors (Lipinski definition) is 7. The number of aromatic nitrogens is 4. The molecule has 4 aromatic rings. The Morgan fingerprint density at radius 3 is 2.53 bits per heavy atom. The van der Waals surface area contributed by atoms with Gasteiger partial charge in [0.25, 0.3) is 0 Å². The zero-order valence-corrected chi connectivity index (χ0v) is 22.3. The summed E-state index contributed by atoms with van der Waals surface area (Å²) in [5, 5.41) is 14.0. The van der Waals surface area contributed by atoms with E-state index in [1.165, 1.54) is 12.3 Å². The van der Waals surface area contributed by atoms with Crippen LogP contribution in [0.1, 0.15) is 46.0 Å². The van der Waals surface area contributed by atoms with Gasteiger partial charge in [-0.15, -0.1) is 0 Å². The highest BCUT2D eigenvalue weighted by molar-refractivity contribution is 6.33. The molecule has 3 heterocycles. The number of hydrogen-bond donors (Lipinski definition) is 3. The lowest BCUT2D eigenvalue weighted by atomic mass is 10.1. The smallest absolute Gasteiger partial charge is 0.243 e. The molecular formula is C27H29ClFN7O2. The summed E-state index contributed by atoms with van der Waals surface area (Å²) >= 11 is 6.45. The number of nitrogens with two attached hydrogens (primary N) is 1. The molecule has 0 saturated carbocycles. The van der Waals surface area contributed by atoms with E-state index in [0.29, 0.717) is 41.3 Å². The minimum Gasteiger partial charge on any atom is -0.383 e. The van der Waals surface area contributed by atoms with Crippen molar-refractivity contribution in [3.05, 3.63) is 59.3 Å². The number of aliphatic hydroxyl groups is 1. The standard InChI is InChI=1S/C27H29ClFN7O2/c1-14(2)36-21-12-15(11-19(29)23(21)33-25(36)27(3,4)38)22-18(28)13-31-26(34-22)32-16-5-7-17(8-6-16)35-10-9-20(30)24(35)37/h5-8,11-14,20,38H,9-10,30H2,1-4H3,(H,31,32,34). The molecule has 1 atom stereocenters. The summed E-state index contributed by atoms with van der Waals surface area (Å²) in [5.41, 5.74) is 7.53. The van der Waals surface area contributed by atoms with Crippen LogP contribution in [0.3, 0.4) is 0 Å². The Balaban J connectivity index is 1.48. The van der Waals surface area contributed by atoms with Gasteiger partial charge in [0.15, 0.2) is 5.82 Å². The molecule has 4 N–H and O–H groups in total. The molecule has 198 valence electrons. The molecule has 11 heteroatoms. The first kappa shape index (κ1) is 26.0. The molecule has 2 aromatic carbocycles. The van der Waals surface area contributed by atoms with Crippen LogP contribution in [0.2, 0.25) is 5.02 Å². The number of imidazole rings is 1. The largest absolute Gasteiger partial charge is 0.383 e. The molecule has 1 fully saturated rings. The molecule has 1 unspecified atom stereocenters. The van der Waals surface area contributed by atoms with Crippen molar-refractivity contribution in [2.75, 3.05) is 16.8 Å². The Kier molecular flexibility index (Phi) is 6.58. The third-order valence-corrected chi connectivity index (χ3v) is 6.79. The van der Waals surface area contributed by atoms with E-state index in [1.807, 2.05) is 42.7 Å². The fourth-order valence-electron chi connectivity index (χ4n) is 4.69. The number of carbonyl (C=O) groups is 1. The molecule has 1 aliphatic heterocycles. The van der Waals surface area contributed by atoms with E-state index in [1.54, 1.807) is 24.8 Å². The topological polar surface area (TPSA) is 122 Å². The number of nitrogens with zero attached hydrogens (tertiary/aromatic N) is 5. The first-order chi connectivity index (χ1) is 17.9. The summed E-state index contributed by atoms with van der Waals surface area (Å²) in [7, 11) is 0. The zero-order chi connectivity index (χ0) is 27.4. The summed E-state index contributed by atoms with van der Waals surface area (Å²) in [6.07, 6.45) is 2.08. The van der Waals surface area contributed by atoms with Crippen LogP contribution in [0.5, 0.6) is 0 Å². The molecule has 2 aromatic heterocycles. The van der Waals surface area contributed by atoms with Gasteiger partial charge in [0.05, 0.1) is 28.5 Å². The second-order valence-electron chi connectivity index (χ2n) is 10.2. The van der Waals surface area contributed by atoms with Crippen LogP contribution >= 0.6 is 11.6 Å². The molecule has 0 bridgehead atoms. The number of rotatable bonds is 6. The van der Waals surface area contributed by atoms with Crippen molar-refractivity contribution in [3.63, 3.8) is 0 Å². The van der Waals surface area contributed by atoms with E-state index in [9.17, 15) is 9.90 Å². The minimum atomic E-state index is -1.26. The highest BCUT2D eigenvalue weighted by Crippen LogP contribution is 2.35. The Labute approximate surface area is 224 Å². The molecule has 9 nitrogen and oxygen atoms in total. The summed E-state index contributed by atoms with van der Waals surface area (Å²) < 4.78 is 17.1. The quantitative estimate of drug-likeness (QED) is 0.319. The Bertz CT molecular complexity index is 1530. The monoisotopic (exact) mass is 537 g/mol. The van der Waals surface area contributed by atoms with Crippen molar-refractivity contribution in [1.82, 2.24) is 19.5 Å². The number of amides is 1. The zero-order valence-electron chi connectivity index (χ0n) is 21.5. The van der Waals surface area contributed by atoms with Crippen molar-refractivity contribution in [2.24, 2.45) is 5.73 Å².